The van der Waals surface area contributed by atoms with E-state index in [1.54, 1.807) is 12.1 Å². The summed E-state index contributed by atoms with van der Waals surface area (Å²) in [6, 6.07) is 14.9. The van der Waals surface area contributed by atoms with Gasteiger partial charge in [-0.25, -0.2) is 4.98 Å². The number of hydrogen-bond acceptors (Lipinski definition) is 3. The number of aromatic nitrogens is 2. The van der Waals surface area contributed by atoms with Gasteiger partial charge in [-0.3, -0.25) is 9.59 Å². The average Bonchev–Trinajstić information content (AvgIpc) is 3.10. The van der Waals surface area contributed by atoms with Crippen LogP contribution in [0.4, 0.5) is 0 Å². The minimum absolute atomic E-state index is 0.0294. The molecule has 1 heterocycles. The van der Waals surface area contributed by atoms with Crippen LogP contribution < -0.4 is 10.6 Å². The molecule has 0 unspecified atom stereocenters. The Labute approximate surface area is 164 Å². The number of carbonyl (C=O) groups excluding carboxylic acids is 2. The molecule has 1 atom stereocenters. The quantitative estimate of drug-likeness (QED) is 0.635. The summed E-state index contributed by atoms with van der Waals surface area (Å²) in [5.74, 6) is 0.137. The molecule has 0 spiro atoms. The topological polar surface area (TPSA) is 86.9 Å². The Morgan fingerprint density at radius 2 is 1.75 bits per heavy atom. The number of imidazole rings is 1. The van der Waals surface area contributed by atoms with Gasteiger partial charge >= 0.3 is 0 Å². The summed E-state index contributed by atoms with van der Waals surface area (Å²) in [6.07, 6.45) is 0. The SMILES string of the molecule is C[C@@H](NC(=O)CNC(=O)c1ccc(C(C)(C)C)cc1)c1nc2ccccc2[nH]1. The molecule has 6 nitrogen and oxygen atoms in total. The second-order valence-corrected chi connectivity index (χ2v) is 7.94. The van der Waals surface area contributed by atoms with Gasteiger partial charge in [-0.05, 0) is 42.2 Å². The molecule has 0 radical (unpaired) electrons. The number of H-pyrrole nitrogens is 1. The van der Waals surface area contributed by atoms with E-state index in [4.69, 9.17) is 0 Å². The summed E-state index contributed by atoms with van der Waals surface area (Å²) in [4.78, 5) is 32.1. The smallest absolute Gasteiger partial charge is 0.251 e. The summed E-state index contributed by atoms with van der Waals surface area (Å²) in [5.41, 5.74) is 3.49. The first kappa shape index (κ1) is 19.6. The summed E-state index contributed by atoms with van der Waals surface area (Å²) < 4.78 is 0. The maximum absolute atomic E-state index is 12.3. The van der Waals surface area contributed by atoms with Crippen LogP contribution in [0.15, 0.2) is 48.5 Å². The minimum atomic E-state index is -0.289. The van der Waals surface area contributed by atoms with E-state index >= 15 is 0 Å². The number of fused-ring (bicyclic) bond motifs is 1. The van der Waals surface area contributed by atoms with Gasteiger partial charge in [-0.2, -0.15) is 0 Å². The van der Waals surface area contributed by atoms with E-state index in [9.17, 15) is 9.59 Å². The molecule has 3 aromatic rings. The highest BCUT2D eigenvalue weighted by Gasteiger charge is 2.16. The maximum atomic E-state index is 12.3. The molecule has 3 rings (SSSR count). The van der Waals surface area contributed by atoms with Gasteiger partial charge in [0.2, 0.25) is 5.91 Å². The molecule has 6 heteroatoms. The second kappa shape index (κ2) is 7.84. The molecule has 0 saturated heterocycles. The van der Waals surface area contributed by atoms with Gasteiger partial charge < -0.3 is 15.6 Å². The monoisotopic (exact) mass is 378 g/mol. The molecular formula is C22H26N4O2. The van der Waals surface area contributed by atoms with Crippen molar-refractivity contribution in [3.05, 3.63) is 65.5 Å². The third-order valence-electron chi connectivity index (χ3n) is 4.62. The van der Waals surface area contributed by atoms with Crippen molar-refractivity contribution in [3.63, 3.8) is 0 Å². The molecule has 0 bridgehead atoms. The zero-order chi connectivity index (χ0) is 20.3. The minimum Gasteiger partial charge on any atom is -0.345 e. The summed E-state index contributed by atoms with van der Waals surface area (Å²) in [7, 11) is 0. The van der Waals surface area contributed by atoms with Gasteiger partial charge in [0, 0.05) is 5.56 Å². The number of nitrogens with zero attached hydrogens (tertiary/aromatic N) is 1. The Balaban J connectivity index is 1.54. The van der Waals surface area contributed by atoms with Crippen molar-refractivity contribution in [2.45, 2.75) is 39.2 Å². The molecule has 2 amide bonds. The van der Waals surface area contributed by atoms with E-state index < -0.39 is 0 Å². The highest BCUT2D eigenvalue weighted by Crippen LogP contribution is 2.22. The predicted octanol–water partition coefficient (Wildman–Crippen LogP) is 3.47. The van der Waals surface area contributed by atoms with Crippen molar-refractivity contribution in [3.8, 4) is 0 Å². The van der Waals surface area contributed by atoms with Gasteiger partial charge in [-0.15, -0.1) is 0 Å². The fourth-order valence-electron chi connectivity index (χ4n) is 2.92. The van der Waals surface area contributed by atoms with Crippen molar-refractivity contribution >= 4 is 22.8 Å². The van der Waals surface area contributed by atoms with Crippen LogP contribution in [-0.2, 0) is 10.2 Å². The fraction of sp³-hybridized carbons (Fsp3) is 0.318. The van der Waals surface area contributed by atoms with E-state index in [1.807, 2.05) is 43.3 Å². The van der Waals surface area contributed by atoms with Crippen molar-refractivity contribution in [2.24, 2.45) is 0 Å². The molecule has 3 N–H and O–H groups in total. The lowest BCUT2D eigenvalue weighted by atomic mass is 9.87. The molecule has 0 saturated carbocycles. The first-order valence-corrected chi connectivity index (χ1v) is 9.37. The molecule has 0 aliphatic rings. The van der Waals surface area contributed by atoms with Crippen molar-refractivity contribution in [1.29, 1.82) is 0 Å². The number of hydrogen-bond donors (Lipinski definition) is 3. The first-order chi connectivity index (χ1) is 13.2. The Morgan fingerprint density at radius 1 is 1.07 bits per heavy atom. The molecule has 2 aromatic carbocycles. The number of carbonyl (C=O) groups is 2. The van der Waals surface area contributed by atoms with Crippen molar-refractivity contribution in [2.75, 3.05) is 6.54 Å². The van der Waals surface area contributed by atoms with Crippen LogP contribution in [0.1, 0.15) is 55.5 Å². The van der Waals surface area contributed by atoms with Gasteiger partial charge in [0.15, 0.2) is 0 Å². The lowest BCUT2D eigenvalue weighted by Gasteiger charge is -2.19. The summed E-state index contributed by atoms with van der Waals surface area (Å²) in [5, 5.41) is 5.50. The molecule has 0 aliphatic heterocycles. The standard InChI is InChI=1S/C22H26N4O2/c1-14(20-25-17-7-5-6-8-18(17)26-20)24-19(27)13-23-21(28)15-9-11-16(12-10-15)22(2,3)4/h5-12,14H,13H2,1-4H3,(H,23,28)(H,24,27)(H,25,26)/t14-/m1/s1. The van der Waals surface area contributed by atoms with E-state index in [0.29, 0.717) is 11.4 Å². The molecular weight excluding hydrogens is 352 g/mol. The number of nitrogens with one attached hydrogen (secondary N) is 3. The molecule has 1 aromatic heterocycles. The van der Waals surface area contributed by atoms with Crippen molar-refractivity contribution < 1.29 is 9.59 Å². The molecule has 0 fully saturated rings. The van der Waals surface area contributed by atoms with Crippen LogP contribution in [0.3, 0.4) is 0 Å². The average molecular weight is 378 g/mol. The van der Waals surface area contributed by atoms with Crippen LogP contribution in [0.2, 0.25) is 0 Å². The van der Waals surface area contributed by atoms with E-state index in [1.165, 1.54) is 0 Å². The maximum Gasteiger partial charge on any atom is 0.251 e. The molecule has 28 heavy (non-hydrogen) atoms. The Morgan fingerprint density at radius 3 is 2.39 bits per heavy atom. The van der Waals surface area contributed by atoms with Gasteiger partial charge in [-0.1, -0.05) is 45.0 Å². The number of amides is 2. The number of aromatic amines is 1. The van der Waals surface area contributed by atoms with Crippen LogP contribution in [0.25, 0.3) is 11.0 Å². The van der Waals surface area contributed by atoms with Gasteiger partial charge in [0.1, 0.15) is 5.82 Å². The molecule has 0 aliphatic carbocycles. The Bertz CT molecular complexity index is 951. The van der Waals surface area contributed by atoms with Gasteiger partial charge in [0.25, 0.3) is 5.91 Å². The number of benzene rings is 2. The highest BCUT2D eigenvalue weighted by atomic mass is 16.2. The number of para-hydroxylation sites is 2. The summed E-state index contributed by atoms with van der Waals surface area (Å²) in [6.45, 7) is 8.12. The lowest BCUT2D eigenvalue weighted by Crippen LogP contribution is -2.38. The van der Waals surface area contributed by atoms with Crippen LogP contribution in [0.5, 0.6) is 0 Å². The van der Waals surface area contributed by atoms with Gasteiger partial charge in [0.05, 0.1) is 23.6 Å². The first-order valence-electron chi connectivity index (χ1n) is 9.37. The fourth-order valence-corrected chi connectivity index (χ4v) is 2.92. The number of rotatable bonds is 5. The summed E-state index contributed by atoms with van der Waals surface area (Å²) >= 11 is 0. The van der Waals surface area contributed by atoms with E-state index in [2.05, 4.69) is 41.4 Å². The lowest BCUT2D eigenvalue weighted by molar-refractivity contribution is -0.120. The Hall–Kier alpha value is -3.15. The Kier molecular flexibility index (Phi) is 5.49. The predicted molar refractivity (Wildman–Crippen MR) is 110 cm³/mol. The second-order valence-electron chi connectivity index (χ2n) is 7.94. The van der Waals surface area contributed by atoms with Crippen LogP contribution in [-0.4, -0.2) is 28.3 Å². The highest BCUT2D eigenvalue weighted by molar-refractivity contribution is 5.96. The van der Waals surface area contributed by atoms with Crippen LogP contribution in [0, 0.1) is 0 Å². The third-order valence-corrected chi connectivity index (χ3v) is 4.62. The third kappa shape index (κ3) is 4.57. The van der Waals surface area contributed by atoms with E-state index in [-0.39, 0.29) is 29.8 Å². The zero-order valence-electron chi connectivity index (χ0n) is 16.7. The van der Waals surface area contributed by atoms with Crippen molar-refractivity contribution in [1.82, 2.24) is 20.6 Å². The largest absolute Gasteiger partial charge is 0.345 e. The molecule has 146 valence electrons. The normalized spacial score (nSPS) is 12.6. The van der Waals surface area contributed by atoms with E-state index in [0.717, 1.165) is 16.6 Å². The zero-order valence-corrected chi connectivity index (χ0v) is 16.7. The van der Waals surface area contributed by atoms with Crippen LogP contribution >= 0.6 is 0 Å².